The highest BCUT2D eigenvalue weighted by atomic mass is 16.2. The zero-order valence-electron chi connectivity index (χ0n) is 12.7. The summed E-state index contributed by atoms with van der Waals surface area (Å²) in [5.41, 5.74) is 1.39. The molecule has 3 heteroatoms. The van der Waals surface area contributed by atoms with E-state index in [4.69, 9.17) is 0 Å². The number of nitrogens with one attached hydrogen (secondary N) is 2. The fourth-order valence-corrected chi connectivity index (χ4v) is 3.76. The van der Waals surface area contributed by atoms with Gasteiger partial charge < -0.3 is 10.6 Å². The van der Waals surface area contributed by atoms with Crippen LogP contribution in [0.25, 0.3) is 0 Å². The molecule has 1 amide bonds. The second kappa shape index (κ2) is 7.08. The molecule has 1 aromatic carbocycles. The Balaban J connectivity index is 1.55. The number of carbonyl (C=O) groups excluding carboxylic acids is 1. The molecule has 114 valence electrons. The Morgan fingerprint density at radius 3 is 2.76 bits per heavy atom. The summed E-state index contributed by atoms with van der Waals surface area (Å²) < 4.78 is 0. The van der Waals surface area contributed by atoms with Crippen LogP contribution in [-0.2, 0) is 11.2 Å². The van der Waals surface area contributed by atoms with E-state index in [0.717, 1.165) is 38.8 Å². The summed E-state index contributed by atoms with van der Waals surface area (Å²) in [6.45, 7) is 1.91. The molecule has 1 aliphatic heterocycles. The quantitative estimate of drug-likeness (QED) is 0.893. The topological polar surface area (TPSA) is 41.1 Å². The Labute approximate surface area is 127 Å². The molecule has 1 saturated heterocycles. The molecule has 3 atom stereocenters. The van der Waals surface area contributed by atoms with Gasteiger partial charge in [-0.15, -0.1) is 0 Å². The number of hydrogen-bond donors (Lipinski definition) is 2. The third kappa shape index (κ3) is 3.85. The van der Waals surface area contributed by atoms with Gasteiger partial charge in [0, 0.05) is 12.6 Å². The van der Waals surface area contributed by atoms with E-state index >= 15 is 0 Å². The first-order valence-corrected chi connectivity index (χ1v) is 8.38. The van der Waals surface area contributed by atoms with Crippen LogP contribution >= 0.6 is 0 Å². The maximum atomic E-state index is 12.4. The number of carbonyl (C=O) groups is 1. The molecule has 0 aromatic heterocycles. The lowest BCUT2D eigenvalue weighted by atomic mass is 9.93. The first-order valence-electron chi connectivity index (χ1n) is 8.38. The zero-order chi connectivity index (χ0) is 14.5. The summed E-state index contributed by atoms with van der Waals surface area (Å²) in [5, 5.41) is 6.67. The molecular weight excluding hydrogens is 260 g/mol. The number of amides is 1. The Bertz CT molecular complexity index is 454. The van der Waals surface area contributed by atoms with Crippen molar-refractivity contribution < 1.29 is 4.79 Å². The number of benzene rings is 1. The molecule has 3 nitrogen and oxygen atoms in total. The van der Waals surface area contributed by atoms with Crippen molar-refractivity contribution in [2.24, 2.45) is 11.8 Å². The number of rotatable bonds is 4. The largest absolute Gasteiger partial charge is 0.353 e. The monoisotopic (exact) mass is 286 g/mol. The molecule has 1 heterocycles. The van der Waals surface area contributed by atoms with Crippen LogP contribution in [0.4, 0.5) is 0 Å². The highest BCUT2D eigenvalue weighted by Gasteiger charge is 2.31. The van der Waals surface area contributed by atoms with Crippen molar-refractivity contribution in [1.82, 2.24) is 10.6 Å². The van der Waals surface area contributed by atoms with E-state index in [9.17, 15) is 4.79 Å². The molecule has 0 radical (unpaired) electrons. The Kier molecular flexibility index (Phi) is 4.91. The predicted octanol–water partition coefficient (Wildman–Crippen LogP) is 2.51. The molecule has 0 bridgehead atoms. The van der Waals surface area contributed by atoms with Gasteiger partial charge >= 0.3 is 0 Å². The van der Waals surface area contributed by atoms with E-state index < -0.39 is 0 Å². The van der Waals surface area contributed by atoms with Crippen LogP contribution in [0.15, 0.2) is 30.3 Å². The van der Waals surface area contributed by atoms with Crippen LogP contribution in [0.3, 0.4) is 0 Å². The van der Waals surface area contributed by atoms with Gasteiger partial charge in [-0.3, -0.25) is 4.79 Å². The second-order valence-corrected chi connectivity index (χ2v) is 6.54. The van der Waals surface area contributed by atoms with E-state index in [1.54, 1.807) is 0 Å². The van der Waals surface area contributed by atoms with Crippen molar-refractivity contribution in [1.29, 1.82) is 0 Å². The van der Waals surface area contributed by atoms with Gasteiger partial charge in [0.1, 0.15) is 0 Å². The van der Waals surface area contributed by atoms with Gasteiger partial charge in [-0.1, -0.05) is 36.8 Å². The summed E-state index contributed by atoms with van der Waals surface area (Å²) in [7, 11) is 0. The summed E-state index contributed by atoms with van der Waals surface area (Å²) in [6.07, 6.45) is 6.87. The van der Waals surface area contributed by atoms with Crippen molar-refractivity contribution >= 4 is 5.91 Å². The van der Waals surface area contributed by atoms with Crippen LogP contribution in [-0.4, -0.2) is 25.0 Å². The van der Waals surface area contributed by atoms with Gasteiger partial charge in [0.2, 0.25) is 5.91 Å². The zero-order valence-corrected chi connectivity index (χ0v) is 12.7. The SMILES string of the molecule is O=C(NC1CCCC1Cc1ccccc1)C1CCCNC1. The van der Waals surface area contributed by atoms with Crippen LogP contribution in [0.2, 0.25) is 0 Å². The van der Waals surface area contributed by atoms with Crippen molar-refractivity contribution in [3.8, 4) is 0 Å². The van der Waals surface area contributed by atoms with Crippen LogP contribution < -0.4 is 10.6 Å². The van der Waals surface area contributed by atoms with Crippen LogP contribution in [0.5, 0.6) is 0 Å². The summed E-state index contributed by atoms with van der Waals surface area (Å²) in [5.74, 6) is 1.05. The smallest absolute Gasteiger partial charge is 0.224 e. The van der Waals surface area contributed by atoms with Gasteiger partial charge in [0.05, 0.1) is 5.92 Å². The minimum atomic E-state index is 0.178. The molecular formula is C18H26N2O. The maximum Gasteiger partial charge on any atom is 0.224 e. The van der Waals surface area contributed by atoms with Gasteiger partial charge in [-0.05, 0) is 50.1 Å². The van der Waals surface area contributed by atoms with Gasteiger partial charge in [0.15, 0.2) is 0 Å². The van der Waals surface area contributed by atoms with Crippen molar-refractivity contribution in [3.05, 3.63) is 35.9 Å². The van der Waals surface area contributed by atoms with E-state index in [2.05, 4.69) is 41.0 Å². The van der Waals surface area contributed by atoms with Crippen molar-refractivity contribution in [3.63, 3.8) is 0 Å². The summed E-state index contributed by atoms with van der Waals surface area (Å²) in [6, 6.07) is 11.0. The maximum absolute atomic E-state index is 12.4. The van der Waals surface area contributed by atoms with Crippen LogP contribution in [0, 0.1) is 11.8 Å². The molecule has 3 rings (SSSR count). The standard InChI is InChI=1S/C18H26N2O/c21-18(16-9-5-11-19-13-16)20-17-10-4-8-15(17)12-14-6-2-1-3-7-14/h1-3,6-7,15-17,19H,4-5,8-13H2,(H,20,21). The van der Waals surface area contributed by atoms with E-state index in [1.165, 1.54) is 18.4 Å². The molecule has 2 fully saturated rings. The molecule has 2 aliphatic rings. The minimum absolute atomic E-state index is 0.178. The first kappa shape index (κ1) is 14.6. The van der Waals surface area contributed by atoms with Gasteiger partial charge in [-0.25, -0.2) is 0 Å². The number of piperidine rings is 1. The Hall–Kier alpha value is -1.35. The van der Waals surface area contributed by atoms with Crippen molar-refractivity contribution in [2.45, 2.75) is 44.6 Å². The highest BCUT2D eigenvalue weighted by molar-refractivity contribution is 5.79. The normalized spacial score (nSPS) is 29.2. The lowest BCUT2D eigenvalue weighted by Gasteiger charge is -2.26. The van der Waals surface area contributed by atoms with E-state index in [0.29, 0.717) is 12.0 Å². The highest BCUT2D eigenvalue weighted by Crippen LogP contribution is 2.29. The Morgan fingerprint density at radius 2 is 2.00 bits per heavy atom. The molecule has 0 spiro atoms. The fourth-order valence-electron chi connectivity index (χ4n) is 3.76. The average molecular weight is 286 g/mol. The fraction of sp³-hybridized carbons (Fsp3) is 0.611. The second-order valence-electron chi connectivity index (χ2n) is 6.54. The molecule has 21 heavy (non-hydrogen) atoms. The lowest BCUT2D eigenvalue weighted by molar-refractivity contribution is -0.126. The lowest BCUT2D eigenvalue weighted by Crippen LogP contribution is -2.45. The molecule has 1 saturated carbocycles. The van der Waals surface area contributed by atoms with E-state index in [1.807, 2.05) is 0 Å². The number of hydrogen-bond acceptors (Lipinski definition) is 2. The van der Waals surface area contributed by atoms with Gasteiger partial charge in [-0.2, -0.15) is 0 Å². The molecule has 3 unspecified atom stereocenters. The Morgan fingerprint density at radius 1 is 1.14 bits per heavy atom. The molecule has 1 aliphatic carbocycles. The summed E-state index contributed by atoms with van der Waals surface area (Å²) in [4.78, 5) is 12.4. The predicted molar refractivity (Wildman–Crippen MR) is 85.0 cm³/mol. The molecule has 1 aromatic rings. The third-order valence-corrected chi connectivity index (χ3v) is 5.00. The average Bonchev–Trinajstić information content (AvgIpc) is 2.96. The van der Waals surface area contributed by atoms with Crippen LogP contribution in [0.1, 0.15) is 37.7 Å². The van der Waals surface area contributed by atoms with E-state index in [-0.39, 0.29) is 11.8 Å². The van der Waals surface area contributed by atoms with Gasteiger partial charge in [0.25, 0.3) is 0 Å². The first-order chi connectivity index (χ1) is 10.3. The molecule has 2 N–H and O–H groups in total. The van der Waals surface area contributed by atoms with Crippen molar-refractivity contribution in [2.75, 3.05) is 13.1 Å². The third-order valence-electron chi connectivity index (χ3n) is 5.00. The minimum Gasteiger partial charge on any atom is -0.353 e. The summed E-state index contributed by atoms with van der Waals surface area (Å²) >= 11 is 0.